The van der Waals surface area contributed by atoms with Crippen molar-refractivity contribution in [3.8, 4) is 0 Å². The summed E-state index contributed by atoms with van der Waals surface area (Å²) in [6.07, 6.45) is 8.14. The molecule has 0 spiro atoms. The van der Waals surface area contributed by atoms with E-state index in [1.807, 2.05) is 43.3 Å². The van der Waals surface area contributed by atoms with Gasteiger partial charge in [-0.1, -0.05) is 62.9 Å². The molecule has 9 heteroatoms. The smallest absolute Gasteiger partial charge is 0.317 e. The fourth-order valence-corrected chi connectivity index (χ4v) is 5.96. The van der Waals surface area contributed by atoms with Crippen LogP contribution in [0.2, 0.25) is 0 Å². The van der Waals surface area contributed by atoms with Gasteiger partial charge in [-0.15, -0.1) is 0 Å². The van der Waals surface area contributed by atoms with Crippen molar-refractivity contribution in [2.75, 3.05) is 36.4 Å². The zero-order valence-electron chi connectivity index (χ0n) is 25.8. The van der Waals surface area contributed by atoms with Crippen LogP contribution in [0.3, 0.4) is 0 Å². The predicted molar refractivity (Wildman–Crippen MR) is 171 cm³/mol. The Labute approximate surface area is 256 Å². The van der Waals surface area contributed by atoms with Gasteiger partial charge in [-0.25, -0.2) is 4.79 Å². The van der Waals surface area contributed by atoms with Crippen LogP contribution in [-0.2, 0) is 11.2 Å². The standard InChI is InChI=1S/C34H49N5O4/c1-3-5-18-35-28-21-26(22-29(23-28)39-19-12-17-32(39)41)33(42)37-30(20-25-13-8-6-9-14-25)31(40)24-38(4-2)34(43)36-27-15-10-7-11-16-27/h6,8-9,13-14,21-23,27,30-31,35,40H,3-5,7,10-12,15-20,24H2,1-2H3,(H,36,43)(H,37,42). The zero-order chi connectivity index (χ0) is 30.6. The Kier molecular flexibility index (Phi) is 12.3. The van der Waals surface area contributed by atoms with Crippen molar-refractivity contribution in [1.82, 2.24) is 15.5 Å². The van der Waals surface area contributed by atoms with Crippen molar-refractivity contribution in [1.29, 1.82) is 0 Å². The third kappa shape index (κ3) is 9.45. The molecule has 4 N–H and O–H groups in total. The van der Waals surface area contributed by atoms with Crippen LogP contribution >= 0.6 is 0 Å². The van der Waals surface area contributed by atoms with Gasteiger partial charge in [0.15, 0.2) is 0 Å². The minimum Gasteiger partial charge on any atom is -0.389 e. The molecule has 2 aliphatic rings. The summed E-state index contributed by atoms with van der Waals surface area (Å²) < 4.78 is 0. The van der Waals surface area contributed by atoms with Crippen LogP contribution in [0.4, 0.5) is 16.2 Å². The van der Waals surface area contributed by atoms with Crippen molar-refractivity contribution < 1.29 is 19.5 Å². The largest absolute Gasteiger partial charge is 0.389 e. The molecule has 2 aromatic rings. The van der Waals surface area contributed by atoms with Gasteiger partial charge in [-0.2, -0.15) is 0 Å². The first kappa shape index (κ1) is 32.3. The molecule has 1 aliphatic carbocycles. The molecular formula is C34H49N5O4. The number of amides is 4. The molecule has 43 heavy (non-hydrogen) atoms. The number of rotatable bonds is 14. The number of aliphatic hydroxyl groups excluding tert-OH is 1. The molecule has 1 saturated heterocycles. The number of hydrogen-bond donors (Lipinski definition) is 4. The summed E-state index contributed by atoms with van der Waals surface area (Å²) in [5, 5.41) is 21.1. The molecule has 234 valence electrons. The number of urea groups is 1. The number of nitrogens with zero attached hydrogens (tertiary/aromatic N) is 2. The molecule has 0 aromatic heterocycles. The summed E-state index contributed by atoms with van der Waals surface area (Å²) in [5.41, 5.74) is 2.88. The number of carbonyl (C=O) groups excluding carboxylic acids is 3. The molecule has 9 nitrogen and oxygen atoms in total. The highest BCUT2D eigenvalue weighted by Gasteiger charge is 2.28. The van der Waals surface area contributed by atoms with Crippen LogP contribution in [0.15, 0.2) is 48.5 Å². The van der Waals surface area contributed by atoms with Crippen molar-refractivity contribution in [2.24, 2.45) is 0 Å². The molecular weight excluding hydrogens is 542 g/mol. The number of carbonyl (C=O) groups is 3. The van der Waals surface area contributed by atoms with E-state index in [1.54, 1.807) is 21.9 Å². The lowest BCUT2D eigenvalue weighted by molar-refractivity contribution is -0.117. The summed E-state index contributed by atoms with van der Waals surface area (Å²) in [6.45, 7) is 5.95. The van der Waals surface area contributed by atoms with Crippen molar-refractivity contribution in [3.05, 3.63) is 59.7 Å². The Morgan fingerprint density at radius 2 is 1.81 bits per heavy atom. The first-order valence-corrected chi connectivity index (χ1v) is 16.2. The quantitative estimate of drug-likeness (QED) is 0.229. The Hall–Kier alpha value is -3.59. The Balaban J connectivity index is 1.52. The van der Waals surface area contributed by atoms with Gasteiger partial charge in [-0.05, 0) is 62.8 Å². The number of aliphatic hydroxyl groups is 1. The third-order valence-electron chi connectivity index (χ3n) is 8.51. The summed E-state index contributed by atoms with van der Waals surface area (Å²) >= 11 is 0. The van der Waals surface area contributed by atoms with E-state index in [0.717, 1.165) is 62.7 Å². The number of benzene rings is 2. The SMILES string of the molecule is CCCCNc1cc(C(=O)NC(Cc2ccccc2)C(O)CN(CC)C(=O)NC2CCCCC2)cc(N2CCCC2=O)c1. The normalized spacial score (nSPS) is 16.9. The number of unbranched alkanes of at least 4 members (excludes halogenated alkanes) is 1. The summed E-state index contributed by atoms with van der Waals surface area (Å²) in [5.74, 6) is -0.276. The van der Waals surface area contributed by atoms with Gasteiger partial charge in [0.05, 0.1) is 18.7 Å². The number of hydrogen-bond acceptors (Lipinski definition) is 5. The minimum absolute atomic E-state index is 0.0561. The van der Waals surface area contributed by atoms with E-state index in [-0.39, 0.29) is 30.4 Å². The van der Waals surface area contributed by atoms with Gasteiger partial charge >= 0.3 is 6.03 Å². The van der Waals surface area contributed by atoms with Gasteiger partial charge in [-0.3, -0.25) is 9.59 Å². The van der Waals surface area contributed by atoms with Crippen LogP contribution < -0.4 is 20.9 Å². The molecule has 2 fully saturated rings. The minimum atomic E-state index is -0.994. The van der Waals surface area contributed by atoms with Crippen molar-refractivity contribution in [3.63, 3.8) is 0 Å². The average Bonchev–Trinajstić information content (AvgIpc) is 3.46. The first-order valence-electron chi connectivity index (χ1n) is 16.2. The second kappa shape index (κ2) is 16.3. The van der Waals surface area contributed by atoms with Crippen LogP contribution in [0.25, 0.3) is 0 Å². The molecule has 4 rings (SSSR count). The third-order valence-corrected chi connectivity index (χ3v) is 8.51. The van der Waals surface area contributed by atoms with Gasteiger partial charge in [0.2, 0.25) is 5.91 Å². The lowest BCUT2D eigenvalue weighted by Crippen LogP contribution is -2.53. The van der Waals surface area contributed by atoms with Crippen LogP contribution in [-0.4, -0.2) is 72.2 Å². The molecule has 4 amide bonds. The second-order valence-corrected chi connectivity index (χ2v) is 11.9. The molecule has 2 unspecified atom stereocenters. The summed E-state index contributed by atoms with van der Waals surface area (Å²) in [7, 11) is 0. The summed E-state index contributed by atoms with van der Waals surface area (Å²) in [4.78, 5) is 42.8. The van der Waals surface area contributed by atoms with E-state index < -0.39 is 12.1 Å². The Bertz CT molecular complexity index is 1200. The highest BCUT2D eigenvalue weighted by molar-refractivity contribution is 6.00. The van der Waals surface area contributed by atoms with Crippen LogP contribution in [0, 0.1) is 0 Å². The molecule has 2 atom stereocenters. The van der Waals surface area contributed by atoms with Gasteiger partial charge in [0.1, 0.15) is 0 Å². The second-order valence-electron chi connectivity index (χ2n) is 11.9. The maximum atomic E-state index is 13.8. The highest BCUT2D eigenvalue weighted by atomic mass is 16.3. The molecule has 2 aromatic carbocycles. The van der Waals surface area contributed by atoms with Crippen molar-refractivity contribution >= 4 is 29.2 Å². The molecule has 1 heterocycles. The maximum Gasteiger partial charge on any atom is 0.317 e. The molecule has 0 radical (unpaired) electrons. The average molecular weight is 592 g/mol. The van der Waals surface area contributed by atoms with E-state index in [9.17, 15) is 19.5 Å². The van der Waals surface area contributed by atoms with E-state index in [4.69, 9.17) is 0 Å². The van der Waals surface area contributed by atoms with Crippen molar-refractivity contribution in [2.45, 2.75) is 96.2 Å². The number of nitrogens with one attached hydrogen (secondary N) is 3. The molecule has 0 bridgehead atoms. The van der Waals surface area contributed by atoms with Crippen LogP contribution in [0.1, 0.15) is 87.6 Å². The van der Waals surface area contributed by atoms with Gasteiger partial charge in [0.25, 0.3) is 5.91 Å². The van der Waals surface area contributed by atoms with Crippen LogP contribution in [0.5, 0.6) is 0 Å². The fraction of sp³-hybridized carbons (Fsp3) is 0.559. The number of anilines is 2. The summed E-state index contributed by atoms with van der Waals surface area (Å²) in [6, 6.07) is 14.6. The van der Waals surface area contributed by atoms with E-state index in [2.05, 4.69) is 22.9 Å². The lowest BCUT2D eigenvalue weighted by atomic mass is 9.96. The first-order chi connectivity index (χ1) is 20.9. The molecule has 1 saturated carbocycles. The van der Waals surface area contributed by atoms with E-state index >= 15 is 0 Å². The predicted octanol–water partition coefficient (Wildman–Crippen LogP) is 5.09. The lowest BCUT2D eigenvalue weighted by Gasteiger charge is -2.32. The van der Waals surface area contributed by atoms with E-state index in [0.29, 0.717) is 37.2 Å². The van der Waals surface area contributed by atoms with Gasteiger partial charge in [0, 0.05) is 49.0 Å². The van der Waals surface area contributed by atoms with Gasteiger partial charge < -0.3 is 30.9 Å². The zero-order valence-corrected chi connectivity index (χ0v) is 25.8. The Morgan fingerprint density at radius 1 is 1.05 bits per heavy atom. The number of likely N-dealkylation sites (N-methyl/N-ethyl adjacent to an activating group) is 1. The fourth-order valence-electron chi connectivity index (χ4n) is 5.96. The Morgan fingerprint density at radius 3 is 2.49 bits per heavy atom. The van der Waals surface area contributed by atoms with E-state index in [1.165, 1.54) is 6.42 Å². The highest BCUT2D eigenvalue weighted by Crippen LogP contribution is 2.27. The topological polar surface area (TPSA) is 114 Å². The monoisotopic (exact) mass is 591 g/mol. The molecule has 1 aliphatic heterocycles. The maximum absolute atomic E-state index is 13.8.